The van der Waals surface area contributed by atoms with E-state index < -0.39 is 24.9 Å². The first kappa shape index (κ1) is 21.0. The van der Waals surface area contributed by atoms with Crippen molar-refractivity contribution in [1.82, 2.24) is 19.7 Å². The van der Waals surface area contributed by atoms with Crippen molar-refractivity contribution in [3.8, 4) is 10.7 Å². The third-order valence-electron chi connectivity index (χ3n) is 5.23. The fraction of sp³-hybridized carbons (Fsp3) is 0.474. The van der Waals surface area contributed by atoms with Crippen LogP contribution in [-0.4, -0.2) is 58.2 Å². The topological polar surface area (TPSA) is 72.0 Å². The molecule has 0 saturated carbocycles. The Morgan fingerprint density at radius 2 is 2.10 bits per heavy atom. The van der Waals surface area contributed by atoms with Gasteiger partial charge in [-0.25, -0.2) is 4.39 Å². The highest BCUT2D eigenvalue weighted by atomic mass is 32.1. The van der Waals surface area contributed by atoms with Gasteiger partial charge in [0.2, 0.25) is 0 Å². The van der Waals surface area contributed by atoms with Crippen molar-refractivity contribution in [1.29, 1.82) is 0 Å². The van der Waals surface area contributed by atoms with Crippen LogP contribution in [0.2, 0.25) is 0 Å². The third-order valence-corrected chi connectivity index (χ3v) is 6.20. The molecule has 3 heterocycles. The van der Waals surface area contributed by atoms with E-state index in [1.165, 1.54) is 4.57 Å². The first-order valence-electron chi connectivity index (χ1n) is 9.56. The Morgan fingerprint density at radius 1 is 1.30 bits per heavy atom. The van der Waals surface area contributed by atoms with Crippen molar-refractivity contribution in [3.63, 3.8) is 0 Å². The minimum absolute atomic E-state index is 0.165. The van der Waals surface area contributed by atoms with Crippen molar-refractivity contribution in [2.24, 2.45) is 5.73 Å². The summed E-state index contributed by atoms with van der Waals surface area (Å²) in [5, 5.41) is 12.7. The van der Waals surface area contributed by atoms with Crippen LogP contribution in [0.25, 0.3) is 21.6 Å². The van der Waals surface area contributed by atoms with Gasteiger partial charge in [0.1, 0.15) is 17.7 Å². The zero-order valence-corrected chi connectivity index (χ0v) is 17.1. The standard InChI is InChI=1S/C19H22F4N6S/c1-28-6-5-14(12(20)9-28)25-13-3-2-4-15-11(13)7-16(29(15)10-19(21,22)23)18-27-26-17(8-24)30-18/h2-4,7,12,14,25H,5-6,8-10,24H2,1H3/t12-,14+/m1/s1. The maximum Gasteiger partial charge on any atom is 0.406 e. The van der Waals surface area contributed by atoms with Crippen LogP contribution in [0.1, 0.15) is 11.4 Å². The van der Waals surface area contributed by atoms with Gasteiger partial charge in [0.25, 0.3) is 0 Å². The quantitative estimate of drug-likeness (QED) is 0.591. The number of nitrogens with one attached hydrogen (secondary N) is 1. The molecular formula is C19H22F4N6S. The highest BCUT2D eigenvalue weighted by molar-refractivity contribution is 7.14. The predicted octanol–water partition coefficient (Wildman–Crippen LogP) is 3.63. The van der Waals surface area contributed by atoms with E-state index in [-0.39, 0.29) is 6.54 Å². The van der Waals surface area contributed by atoms with Crippen LogP contribution in [-0.2, 0) is 13.1 Å². The summed E-state index contributed by atoms with van der Waals surface area (Å²) >= 11 is 1.16. The molecule has 2 aromatic heterocycles. The zero-order valence-electron chi connectivity index (χ0n) is 16.3. The largest absolute Gasteiger partial charge is 0.406 e. The second-order valence-corrected chi connectivity index (χ2v) is 8.55. The number of hydrogen-bond donors (Lipinski definition) is 2. The summed E-state index contributed by atoms with van der Waals surface area (Å²) in [5.41, 5.74) is 6.90. The molecular weight excluding hydrogens is 420 g/mol. The van der Waals surface area contributed by atoms with E-state index in [1.54, 1.807) is 24.3 Å². The van der Waals surface area contributed by atoms with E-state index in [1.807, 2.05) is 11.9 Å². The monoisotopic (exact) mass is 442 g/mol. The lowest BCUT2D eigenvalue weighted by molar-refractivity contribution is -0.139. The van der Waals surface area contributed by atoms with Crippen molar-refractivity contribution < 1.29 is 17.6 Å². The molecule has 1 saturated heterocycles. The third kappa shape index (κ3) is 4.28. The van der Waals surface area contributed by atoms with Crippen LogP contribution in [0.4, 0.5) is 23.2 Å². The summed E-state index contributed by atoms with van der Waals surface area (Å²) in [7, 11) is 1.87. The molecule has 1 aromatic carbocycles. The predicted molar refractivity (Wildman–Crippen MR) is 109 cm³/mol. The molecule has 1 aliphatic rings. The Bertz CT molecular complexity index is 1030. The lowest BCUT2D eigenvalue weighted by atomic mass is 10.0. The molecule has 0 aliphatic carbocycles. The highest BCUT2D eigenvalue weighted by Gasteiger charge is 2.32. The normalized spacial score (nSPS) is 20.7. The van der Waals surface area contributed by atoms with Crippen molar-refractivity contribution >= 4 is 27.9 Å². The smallest absolute Gasteiger partial charge is 0.379 e. The first-order valence-corrected chi connectivity index (χ1v) is 10.4. The van der Waals surface area contributed by atoms with Gasteiger partial charge in [-0.05, 0) is 31.7 Å². The second-order valence-electron chi connectivity index (χ2n) is 7.49. The number of alkyl halides is 4. The van der Waals surface area contributed by atoms with Gasteiger partial charge >= 0.3 is 6.18 Å². The summed E-state index contributed by atoms with van der Waals surface area (Å²) < 4.78 is 55.7. The molecule has 30 heavy (non-hydrogen) atoms. The second kappa shape index (κ2) is 8.12. The number of fused-ring (bicyclic) bond motifs is 1. The van der Waals surface area contributed by atoms with E-state index in [4.69, 9.17) is 5.73 Å². The van der Waals surface area contributed by atoms with E-state index in [0.29, 0.717) is 45.3 Å². The molecule has 0 bridgehead atoms. The lowest BCUT2D eigenvalue weighted by Crippen LogP contribution is -2.46. The maximum atomic E-state index is 14.5. The lowest BCUT2D eigenvalue weighted by Gasteiger charge is -2.33. The fourth-order valence-corrected chi connectivity index (χ4v) is 4.54. The molecule has 2 atom stereocenters. The van der Waals surface area contributed by atoms with Gasteiger partial charge in [0.15, 0.2) is 5.01 Å². The molecule has 0 radical (unpaired) electrons. The number of aromatic nitrogens is 3. The molecule has 162 valence electrons. The number of benzene rings is 1. The van der Waals surface area contributed by atoms with Gasteiger partial charge < -0.3 is 20.5 Å². The number of nitrogens with two attached hydrogens (primary N) is 1. The Hall–Kier alpha value is -2.24. The Kier molecular flexibility index (Phi) is 5.69. The molecule has 3 aromatic rings. The van der Waals surface area contributed by atoms with Crippen LogP contribution in [0.15, 0.2) is 24.3 Å². The van der Waals surface area contributed by atoms with Gasteiger partial charge in [-0.1, -0.05) is 17.4 Å². The van der Waals surface area contributed by atoms with E-state index in [9.17, 15) is 17.6 Å². The molecule has 0 unspecified atom stereocenters. The molecule has 0 amide bonds. The number of hydrogen-bond acceptors (Lipinski definition) is 6. The Balaban J connectivity index is 1.77. The number of piperidine rings is 1. The molecule has 11 heteroatoms. The van der Waals surface area contributed by atoms with Crippen LogP contribution >= 0.6 is 11.3 Å². The van der Waals surface area contributed by atoms with E-state index in [0.717, 1.165) is 17.9 Å². The van der Waals surface area contributed by atoms with Gasteiger partial charge in [0, 0.05) is 30.7 Å². The number of nitrogens with zero attached hydrogens (tertiary/aromatic N) is 4. The fourth-order valence-electron chi connectivity index (χ4n) is 3.80. The average Bonchev–Trinajstić information content (AvgIpc) is 3.28. The van der Waals surface area contributed by atoms with Gasteiger partial charge in [-0.2, -0.15) is 13.2 Å². The minimum atomic E-state index is -4.41. The first-order chi connectivity index (χ1) is 14.2. The van der Waals surface area contributed by atoms with Crippen LogP contribution < -0.4 is 11.1 Å². The zero-order chi connectivity index (χ0) is 21.5. The van der Waals surface area contributed by atoms with Crippen LogP contribution in [0, 0.1) is 0 Å². The Labute approximate surface area is 174 Å². The summed E-state index contributed by atoms with van der Waals surface area (Å²) in [6.45, 7) is 0.0758. The molecule has 1 aliphatic heterocycles. The highest BCUT2D eigenvalue weighted by Crippen LogP contribution is 2.36. The number of likely N-dealkylation sites (tertiary alicyclic amines) is 1. The number of anilines is 1. The van der Waals surface area contributed by atoms with Gasteiger partial charge in [0.05, 0.1) is 17.3 Å². The summed E-state index contributed by atoms with van der Waals surface area (Å²) in [4.78, 5) is 1.92. The molecule has 4 rings (SSSR count). The molecule has 6 nitrogen and oxygen atoms in total. The minimum Gasteiger partial charge on any atom is -0.379 e. The van der Waals surface area contributed by atoms with E-state index in [2.05, 4.69) is 15.5 Å². The average molecular weight is 442 g/mol. The summed E-state index contributed by atoms with van der Waals surface area (Å²) in [6, 6.07) is 6.33. The molecule has 0 spiro atoms. The SMILES string of the molecule is CN1CC[C@H](Nc2cccc3c2cc(-c2nnc(CN)s2)n3CC(F)(F)F)[C@H](F)C1. The van der Waals surface area contributed by atoms with E-state index >= 15 is 0 Å². The van der Waals surface area contributed by atoms with Crippen molar-refractivity contribution in [2.45, 2.75) is 37.9 Å². The van der Waals surface area contributed by atoms with Gasteiger partial charge in [-0.3, -0.25) is 0 Å². The summed E-state index contributed by atoms with van der Waals surface area (Å²) in [6.07, 6.45) is -4.87. The van der Waals surface area contributed by atoms with Gasteiger partial charge in [-0.15, -0.1) is 10.2 Å². The Morgan fingerprint density at radius 3 is 2.77 bits per heavy atom. The van der Waals surface area contributed by atoms with Crippen LogP contribution in [0.3, 0.4) is 0 Å². The summed E-state index contributed by atoms with van der Waals surface area (Å²) in [5.74, 6) is 0. The maximum absolute atomic E-state index is 14.5. The molecule has 1 fully saturated rings. The van der Waals surface area contributed by atoms with Crippen LogP contribution in [0.5, 0.6) is 0 Å². The number of halogens is 4. The molecule has 3 N–H and O–H groups in total. The van der Waals surface area contributed by atoms with Crippen molar-refractivity contribution in [2.75, 3.05) is 25.5 Å². The van der Waals surface area contributed by atoms with Crippen molar-refractivity contribution in [3.05, 3.63) is 29.3 Å². The number of rotatable bonds is 5.